The Bertz CT molecular complexity index is 1640. The first-order valence-corrected chi connectivity index (χ1v) is 16.3. The van der Waals surface area contributed by atoms with Crippen molar-refractivity contribution in [2.45, 2.75) is 61.7 Å². The highest BCUT2D eigenvalue weighted by atomic mass is 32.2. The number of halogens is 3. The van der Waals surface area contributed by atoms with Crippen molar-refractivity contribution < 1.29 is 40.7 Å². The number of sulfonamides is 1. The Hall–Kier alpha value is -3.70. The number of anilines is 2. The lowest BCUT2D eigenvalue weighted by molar-refractivity contribution is -0.274. The number of fused-ring (bicyclic) bond motifs is 1. The van der Waals surface area contributed by atoms with Gasteiger partial charge in [0.1, 0.15) is 23.7 Å². The van der Waals surface area contributed by atoms with E-state index in [0.29, 0.717) is 16.9 Å². The summed E-state index contributed by atoms with van der Waals surface area (Å²) >= 11 is 0.999. The van der Waals surface area contributed by atoms with Crippen LogP contribution in [0.2, 0.25) is 0 Å². The summed E-state index contributed by atoms with van der Waals surface area (Å²) in [4.78, 5) is 38.0. The van der Waals surface area contributed by atoms with Crippen molar-refractivity contribution in [2.24, 2.45) is 0 Å². The summed E-state index contributed by atoms with van der Waals surface area (Å²) in [5.74, 6) is -2.17. The maximum Gasteiger partial charge on any atom is 0.573 e. The first kappa shape index (κ1) is 31.7. The lowest BCUT2D eigenvalue weighted by Gasteiger charge is -2.27. The van der Waals surface area contributed by atoms with Crippen LogP contribution in [-0.2, 0) is 30.8 Å². The van der Waals surface area contributed by atoms with E-state index in [1.165, 1.54) is 24.5 Å². The molecule has 1 amide bonds. The number of rotatable bonds is 11. The Morgan fingerprint density at radius 2 is 1.98 bits per heavy atom. The van der Waals surface area contributed by atoms with Crippen molar-refractivity contribution in [1.29, 1.82) is 0 Å². The van der Waals surface area contributed by atoms with E-state index in [1.807, 2.05) is 4.90 Å². The van der Waals surface area contributed by atoms with Gasteiger partial charge in [-0.05, 0) is 54.8 Å². The van der Waals surface area contributed by atoms with E-state index in [4.69, 9.17) is 10.5 Å². The number of carbonyl (C=O) groups excluding carboxylic acids is 2. The zero-order valence-corrected chi connectivity index (χ0v) is 25.3. The quantitative estimate of drug-likeness (QED) is 0.294. The van der Waals surface area contributed by atoms with Gasteiger partial charge < -0.3 is 25.0 Å². The summed E-state index contributed by atoms with van der Waals surface area (Å²) in [5.41, 5.74) is 5.83. The molecule has 0 saturated carbocycles. The molecule has 2 aliphatic rings. The standard InChI is InChI=1S/C27H31F3N6O6S2/c1-2-11-41-25(38)20(13-17-12-16-5-7-32-23(31)18(16)14-21(17)42-27(28,29)30)36-10-6-19(24(36)37)34-44(39,40)22-15-33-26(43-22)35-8-3-4-9-35/h5,7,12,14-15,19-20,34H,2-4,6,8-11,13H2,1H3,(H2,31,32). The number of hydrogen-bond acceptors (Lipinski definition) is 11. The number of carbonyl (C=O) groups is 2. The van der Waals surface area contributed by atoms with Gasteiger partial charge in [0.2, 0.25) is 5.91 Å². The van der Waals surface area contributed by atoms with Gasteiger partial charge >= 0.3 is 12.3 Å². The molecule has 0 bridgehead atoms. The Labute approximate surface area is 255 Å². The largest absolute Gasteiger partial charge is 0.573 e. The SMILES string of the molecule is CCCOC(=O)C(Cc1cc2ccnc(N)c2cc1OC(F)(F)F)N1CCC(NS(=O)(=O)c2cnc(N3CCCC3)s2)C1=O. The van der Waals surface area contributed by atoms with E-state index in [1.54, 1.807) is 6.92 Å². The van der Waals surface area contributed by atoms with Crippen LogP contribution in [0.1, 0.15) is 38.2 Å². The number of amides is 1. The second kappa shape index (κ2) is 12.7. The molecule has 0 aliphatic carbocycles. The molecule has 1 aromatic carbocycles. The van der Waals surface area contributed by atoms with Crippen LogP contribution in [0, 0.1) is 0 Å². The summed E-state index contributed by atoms with van der Waals surface area (Å²) in [6, 6.07) is 1.45. The fourth-order valence-corrected chi connectivity index (χ4v) is 7.68. The second-order valence-corrected chi connectivity index (χ2v) is 13.4. The van der Waals surface area contributed by atoms with Crippen LogP contribution < -0.4 is 20.1 Å². The molecular formula is C27H31F3N6O6S2. The Morgan fingerprint density at radius 3 is 2.68 bits per heavy atom. The number of esters is 1. The number of ether oxygens (including phenoxy) is 2. The summed E-state index contributed by atoms with van der Waals surface area (Å²) in [5, 5.41) is 1.23. The van der Waals surface area contributed by atoms with Gasteiger partial charge in [0, 0.05) is 37.6 Å². The molecule has 5 rings (SSSR count). The maximum atomic E-state index is 13.5. The number of nitrogens with one attached hydrogen (secondary N) is 1. The highest BCUT2D eigenvalue weighted by Gasteiger charge is 2.42. The molecule has 2 fully saturated rings. The van der Waals surface area contributed by atoms with Gasteiger partial charge in [0.25, 0.3) is 10.0 Å². The van der Waals surface area contributed by atoms with Crippen LogP contribution in [0.25, 0.3) is 10.8 Å². The van der Waals surface area contributed by atoms with E-state index in [0.717, 1.165) is 48.2 Å². The van der Waals surface area contributed by atoms with Crippen molar-refractivity contribution >= 4 is 55.0 Å². The van der Waals surface area contributed by atoms with Crippen LogP contribution in [0.5, 0.6) is 5.75 Å². The van der Waals surface area contributed by atoms with Gasteiger partial charge in [-0.3, -0.25) is 4.79 Å². The predicted octanol–water partition coefficient (Wildman–Crippen LogP) is 3.22. The second-order valence-electron chi connectivity index (χ2n) is 10.5. The zero-order valence-electron chi connectivity index (χ0n) is 23.7. The van der Waals surface area contributed by atoms with E-state index < -0.39 is 52.5 Å². The third-order valence-electron chi connectivity index (χ3n) is 7.36. The fourth-order valence-electron chi connectivity index (χ4n) is 5.27. The summed E-state index contributed by atoms with van der Waals surface area (Å²) in [6.07, 6.45) is -0.358. The topological polar surface area (TPSA) is 157 Å². The van der Waals surface area contributed by atoms with Crippen molar-refractivity contribution in [1.82, 2.24) is 19.6 Å². The van der Waals surface area contributed by atoms with E-state index >= 15 is 0 Å². The normalized spacial score (nSPS) is 18.3. The van der Waals surface area contributed by atoms with Crippen LogP contribution in [-0.4, -0.2) is 79.8 Å². The van der Waals surface area contributed by atoms with Crippen LogP contribution >= 0.6 is 11.3 Å². The average molecular weight is 657 g/mol. The zero-order chi connectivity index (χ0) is 31.6. The number of nitrogens with zero attached hydrogens (tertiary/aromatic N) is 4. The lowest BCUT2D eigenvalue weighted by Crippen LogP contribution is -2.48. The first-order valence-electron chi connectivity index (χ1n) is 14.0. The third kappa shape index (κ3) is 6.99. The van der Waals surface area contributed by atoms with E-state index in [9.17, 15) is 31.2 Å². The van der Waals surface area contributed by atoms with E-state index in [2.05, 4.69) is 19.4 Å². The highest BCUT2D eigenvalue weighted by Crippen LogP contribution is 2.35. The number of alkyl halides is 3. The molecule has 2 atom stereocenters. The molecule has 12 nitrogen and oxygen atoms in total. The number of aromatic nitrogens is 2. The van der Waals surface area contributed by atoms with E-state index in [-0.39, 0.29) is 40.5 Å². The molecule has 0 radical (unpaired) electrons. The van der Waals surface area contributed by atoms with Crippen molar-refractivity contribution in [3.63, 3.8) is 0 Å². The van der Waals surface area contributed by atoms with Crippen LogP contribution in [0.15, 0.2) is 34.8 Å². The summed E-state index contributed by atoms with van der Waals surface area (Å²) < 4.78 is 78.5. The van der Waals surface area contributed by atoms with Gasteiger partial charge in [-0.25, -0.2) is 23.2 Å². The summed E-state index contributed by atoms with van der Waals surface area (Å²) in [6.45, 7) is 3.30. The van der Waals surface area contributed by atoms with Gasteiger partial charge in [0.15, 0.2) is 9.34 Å². The molecule has 2 aliphatic heterocycles. The first-order chi connectivity index (χ1) is 20.9. The highest BCUT2D eigenvalue weighted by molar-refractivity contribution is 7.91. The molecular weight excluding hydrogens is 625 g/mol. The fraction of sp³-hybridized carbons (Fsp3) is 0.481. The number of thiazole rings is 1. The smallest absolute Gasteiger partial charge is 0.464 e. The number of benzene rings is 1. The minimum atomic E-state index is -5.06. The van der Waals surface area contributed by atoms with Crippen molar-refractivity contribution in [3.8, 4) is 5.75 Å². The van der Waals surface area contributed by atoms with Crippen molar-refractivity contribution in [3.05, 3.63) is 36.2 Å². The monoisotopic (exact) mass is 656 g/mol. The molecule has 4 heterocycles. The molecule has 2 saturated heterocycles. The molecule has 3 N–H and O–H groups in total. The van der Waals surface area contributed by atoms with Gasteiger partial charge in [-0.15, -0.1) is 13.2 Å². The van der Waals surface area contributed by atoms with Crippen LogP contribution in [0.3, 0.4) is 0 Å². The van der Waals surface area contributed by atoms with Gasteiger partial charge in [-0.2, -0.15) is 4.72 Å². The Morgan fingerprint density at radius 1 is 1.23 bits per heavy atom. The molecule has 2 unspecified atom stereocenters. The predicted molar refractivity (Wildman–Crippen MR) is 156 cm³/mol. The molecule has 238 valence electrons. The minimum Gasteiger partial charge on any atom is -0.464 e. The average Bonchev–Trinajstić information content (AvgIpc) is 3.73. The minimum absolute atomic E-state index is 0.0154. The van der Waals surface area contributed by atoms with Crippen molar-refractivity contribution in [2.75, 3.05) is 36.9 Å². The molecule has 44 heavy (non-hydrogen) atoms. The number of nitrogen functional groups attached to an aromatic ring is 1. The number of pyridine rings is 1. The Kier molecular flexibility index (Phi) is 9.17. The third-order valence-corrected chi connectivity index (χ3v) is 10.4. The Balaban J connectivity index is 1.41. The number of nitrogens with two attached hydrogens (primary N) is 1. The molecule has 0 spiro atoms. The molecule has 17 heteroatoms. The molecule has 3 aromatic rings. The van der Waals surface area contributed by atoms with Crippen LogP contribution in [0.4, 0.5) is 24.1 Å². The maximum absolute atomic E-state index is 13.5. The van der Waals surface area contributed by atoms with Gasteiger partial charge in [-0.1, -0.05) is 18.3 Å². The summed E-state index contributed by atoms with van der Waals surface area (Å²) in [7, 11) is -4.13. The number of hydrogen-bond donors (Lipinski definition) is 2. The molecule has 2 aromatic heterocycles. The lowest BCUT2D eigenvalue weighted by atomic mass is 10.00. The number of likely N-dealkylation sites (tertiary alicyclic amines) is 1. The van der Waals surface area contributed by atoms with Gasteiger partial charge in [0.05, 0.1) is 12.8 Å².